The number of rotatable bonds is 5. The standard InChI is InChI=1S/C20H15BrN4O2S/c21-14-7-5-12(6-8-14)17(26)9-18-19(27)24-20(28-18)25-23-11-13-10-22-16-4-2-1-3-15(13)16/h1-8,10-11,18,22H,9H2,(H,24,25,27). The predicted octanol–water partition coefficient (Wildman–Crippen LogP) is 4.12. The molecule has 2 aromatic carbocycles. The first kappa shape index (κ1) is 18.6. The number of nitrogens with one attached hydrogen (secondary N) is 2. The molecule has 0 aliphatic carbocycles. The van der Waals surface area contributed by atoms with Crippen molar-refractivity contribution in [2.75, 3.05) is 0 Å². The number of carbonyl (C=O) groups is 2. The van der Waals surface area contributed by atoms with E-state index >= 15 is 0 Å². The Bertz CT molecular complexity index is 1100. The summed E-state index contributed by atoms with van der Waals surface area (Å²) in [5, 5.41) is 11.8. The first-order chi connectivity index (χ1) is 13.6. The summed E-state index contributed by atoms with van der Waals surface area (Å²) in [4.78, 5) is 27.7. The Balaban J connectivity index is 1.41. The smallest absolute Gasteiger partial charge is 0.240 e. The maximum Gasteiger partial charge on any atom is 0.240 e. The van der Waals surface area contributed by atoms with Gasteiger partial charge in [0, 0.05) is 39.1 Å². The predicted molar refractivity (Wildman–Crippen MR) is 116 cm³/mol. The molecular weight excluding hydrogens is 440 g/mol. The molecule has 1 atom stereocenters. The molecule has 0 spiro atoms. The highest BCUT2D eigenvalue weighted by atomic mass is 79.9. The number of ketones is 1. The summed E-state index contributed by atoms with van der Waals surface area (Å²) in [6, 6.07) is 15.0. The van der Waals surface area contributed by atoms with Gasteiger partial charge in [-0.1, -0.05) is 58.0 Å². The van der Waals surface area contributed by atoms with E-state index in [4.69, 9.17) is 0 Å². The number of para-hydroxylation sites is 1. The van der Waals surface area contributed by atoms with Crippen LogP contribution in [-0.4, -0.2) is 33.3 Å². The number of H-pyrrole nitrogens is 1. The maximum atomic E-state index is 12.4. The first-order valence-electron chi connectivity index (χ1n) is 8.53. The molecule has 28 heavy (non-hydrogen) atoms. The monoisotopic (exact) mass is 454 g/mol. The minimum absolute atomic E-state index is 0.0799. The number of aromatic nitrogens is 1. The Labute approximate surface area is 173 Å². The van der Waals surface area contributed by atoms with Gasteiger partial charge in [-0.3, -0.25) is 9.59 Å². The molecule has 2 heterocycles. The molecule has 1 aromatic heterocycles. The van der Waals surface area contributed by atoms with E-state index < -0.39 is 5.25 Å². The number of aromatic amines is 1. The number of amides is 1. The van der Waals surface area contributed by atoms with Crippen molar-refractivity contribution in [2.45, 2.75) is 11.7 Å². The van der Waals surface area contributed by atoms with Crippen molar-refractivity contribution in [2.24, 2.45) is 10.2 Å². The minimum atomic E-state index is -0.502. The number of amidine groups is 1. The Morgan fingerprint density at radius 3 is 2.79 bits per heavy atom. The fourth-order valence-electron chi connectivity index (χ4n) is 2.85. The summed E-state index contributed by atoms with van der Waals surface area (Å²) in [5.41, 5.74) is 2.52. The Hall–Kier alpha value is -2.71. The summed E-state index contributed by atoms with van der Waals surface area (Å²) in [6.07, 6.45) is 3.61. The fourth-order valence-corrected chi connectivity index (χ4v) is 4.04. The number of hydrogen-bond donors (Lipinski definition) is 2. The van der Waals surface area contributed by atoms with E-state index in [1.165, 1.54) is 11.8 Å². The molecule has 1 fully saturated rings. The van der Waals surface area contributed by atoms with Gasteiger partial charge in [-0.25, -0.2) is 0 Å². The molecule has 0 radical (unpaired) electrons. The van der Waals surface area contributed by atoms with Gasteiger partial charge in [-0.2, -0.15) is 5.10 Å². The second kappa shape index (κ2) is 8.12. The molecule has 1 saturated heterocycles. The summed E-state index contributed by atoms with van der Waals surface area (Å²) >= 11 is 4.56. The lowest BCUT2D eigenvalue weighted by molar-refractivity contribution is -0.118. The van der Waals surface area contributed by atoms with Crippen molar-refractivity contribution < 1.29 is 9.59 Å². The molecule has 1 amide bonds. The molecule has 140 valence electrons. The lowest BCUT2D eigenvalue weighted by Crippen LogP contribution is -2.26. The SMILES string of the molecule is O=C(CC1SC(=NN=Cc2c[nH]c3ccccc23)NC1=O)c1ccc(Br)cc1. The molecule has 0 saturated carbocycles. The lowest BCUT2D eigenvalue weighted by atomic mass is 10.1. The van der Waals surface area contributed by atoms with Gasteiger partial charge in [0.15, 0.2) is 11.0 Å². The molecule has 3 aromatic rings. The normalized spacial score (nSPS) is 18.2. The van der Waals surface area contributed by atoms with Crippen LogP contribution >= 0.6 is 27.7 Å². The number of hydrogen-bond acceptors (Lipinski definition) is 5. The van der Waals surface area contributed by atoms with Crippen LogP contribution in [0.1, 0.15) is 22.3 Å². The summed E-state index contributed by atoms with van der Waals surface area (Å²) in [5.74, 6) is -0.305. The van der Waals surface area contributed by atoms with Gasteiger partial charge < -0.3 is 10.3 Å². The number of carbonyl (C=O) groups excluding carboxylic acids is 2. The molecule has 2 N–H and O–H groups in total. The second-order valence-electron chi connectivity index (χ2n) is 6.17. The van der Waals surface area contributed by atoms with Crippen LogP contribution in [0.15, 0.2) is 69.4 Å². The van der Waals surface area contributed by atoms with Crippen LogP contribution in [0, 0.1) is 0 Å². The fraction of sp³-hybridized carbons (Fsp3) is 0.100. The number of fused-ring (bicyclic) bond motifs is 1. The van der Waals surface area contributed by atoms with Crippen LogP contribution in [0.4, 0.5) is 0 Å². The third kappa shape index (κ3) is 4.07. The van der Waals surface area contributed by atoms with E-state index in [1.54, 1.807) is 30.5 Å². The van der Waals surface area contributed by atoms with E-state index in [9.17, 15) is 9.59 Å². The van der Waals surface area contributed by atoms with Crippen LogP contribution in [0.25, 0.3) is 10.9 Å². The first-order valence-corrected chi connectivity index (χ1v) is 10.2. The van der Waals surface area contributed by atoms with E-state index in [-0.39, 0.29) is 18.1 Å². The Morgan fingerprint density at radius 1 is 1.18 bits per heavy atom. The number of thioether (sulfide) groups is 1. The zero-order chi connectivity index (χ0) is 19.5. The van der Waals surface area contributed by atoms with E-state index in [2.05, 4.69) is 36.4 Å². The lowest BCUT2D eigenvalue weighted by Gasteiger charge is -2.04. The van der Waals surface area contributed by atoms with Crippen molar-refractivity contribution in [1.82, 2.24) is 10.3 Å². The van der Waals surface area contributed by atoms with Gasteiger partial charge in [0.25, 0.3) is 0 Å². The molecule has 1 aliphatic rings. The molecule has 1 aliphatic heterocycles. The number of benzene rings is 2. The summed E-state index contributed by atoms with van der Waals surface area (Å²) in [7, 11) is 0. The van der Waals surface area contributed by atoms with E-state index in [0.29, 0.717) is 10.7 Å². The van der Waals surface area contributed by atoms with E-state index in [0.717, 1.165) is 20.9 Å². The van der Waals surface area contributed by atoms with Gasteiger partial charge in [0.1, 0.15) is 0 Å². The van der Waals surface area contributed by atoms with Crippen LogP contribution in [-0.2, 0) is 4.79 Å². The van der Waals surface area contributed by atoms with Crippen molar-refractivity contribution in [1.29, 1.82) is 0 Å². The molecular formula is C20H15BrN4O2S. The van der Waals surface area contributed by atoms with Crippen LogP contribution in [0.3, 0.4) is 0 Å². The van der Waals surface area contributed by atoms with Crippen LogP contribution in [0.2, 0.25) is 0 Å². The Morgan fingerprint density at radius 2 is 1.96 bits per heavy atom. The highest BCUT2D eigenvalue weighted by molar-refractivity contribution is 9.10. The topological polar surface area (TPSA) is 86.7 Å². The molecule has 6 nitrogen and oxygen atoms in total. The van der Waals surface area contributed by atoms with Gasteiger partial charge in [0.05, 0.1) is 11.5 Å². The number of nitrogens with zero attached hydrogens (tertiary/aromatic N) is 2. The third-order valence-corrected chi connectivity index (χ3v) is 5.88. The zero-order valence-electron chi connectivity index (χ0n) is 14.6. The minimum Gasteiger partial charge on any atom is -0.361 e. The van der Waals surface area contributed by atoms with Crippen molar-refractivity contribution in [3.05, 3.63) is 70.3 Å². The molecule has 8 heteroatoms. The third-order valence-electron chi connectivity index (χ3n) is 4.28. The van der Waals surface area contributed by atoms with Crippen LogP contribution < -0.4 is 5.32 Å². The van der Waals surface area contributed by atoms with Crippen LogP contribution in [0.5, 0.6) is 0 Å². The second-order valence-corrected chi connectivity index (χ2v) is 8.28. The van der Waals surface area contributed by atoms with Gasteiger partial charge in [-0.05, 0) is 18.2 Å². The summed E-state index contributed by atoms with van der Waals surface area (Å²) < 4.78 is 0.902. The van der Waals surface area contributed by atoms with Crippen molar-refractivity contribution in [3.63, 3.8) is 0 Å². The molecule has 0 bridgehead atoms. The van der Waals surface area contributed by atoms with Gasteiger partial charge in [-0.15, -0.1) is 5.10 Å². The number of halogens is 1. The average Bonchev–Trinajstić information content (AvgIpc) is 3.26. The largest absolute Gasteiger partial charge is 0.361 e. The highest BCUT2D eigenvalue weighted by Crippen LogP contribution is 2.24. The zero-order valence-corrected chi connectivity index (χ0v) is 17.0. The average molecular weight is 455 g/mol. The van der Waals surface area contributed by atoms with Crippen molar-refractivity contribution >= 4 is 61.7 Å². The molecule has 1 unspecified atom stereocenters. The maximum absolute atomic E-state index is 12.4. The molecule has 4 rings (SSSR count). The number of Topliss-reactive ketones (excluding diaryl/α,β-unsaturated/α-hetero) is 1. The van der Waals surface area contributed by atoms with E-state index in [1.807, 2.05) is 30.5 Å². The van der Waals surface area contributed by atoms with Gasteiger partial charge in [0.2, 0.25) is 5.91 Å². The Kier molecular flexibility index (Phi) is 5.40. The highest BCUT2D eigenvalue weighted by Gasteiger charge is 2.32. The quantitative estimate of drug-likeness (QED) is 0.345. The summed E-state index contributed by atoms with van der Waals surface area (Å²) in [6.45, 7) is 0. The van der Waals surface area contributed by atoms with Crippen molar-refractivity contribution in [3.8, 4) is 0 Å². The van der Waals surface area contributed by atoms with Gasteiger partial charge >= 0.3 is 0 Å².